The van der Waals surface area contributed by atoms with Crippen molar-refractivity contribution in [1.82, 2.24) is 25.3 Å². The summed E-state index contributed by atoms with van der Waals surface area (Å²) in [6.45, 7) is 6.72. The quantitative estimate of drug-likeness (QED) is 0.670. The average Bonchev–Trinajstić information content (AvgIpc) is 3.51. The third kappa shape index (κ3) is 4.98. The molecule has 0 radical (unpaired) electrons. The third-order valence-corrected chi connectivity index (χ3v) is 7.27. The number of nitrogens with zero attached hydrogens (tertiary/aromatic N) is 4. The van der Waals surface area contributed by atoms with Crippen molar-refractivity contribution in [3.63, 3.8) is 0 Å². The lowest BCUT2D eigenvalue weighted by Gasteiger charge is -2.46. The van der Waals surface area contributed by atoms with Crippen LogP contribution in [0.1, 0.15) is 43.0 Å². The average molecular weight is 442 g/mol. The molecule has 2 aromatic rings. The summed E-state index contributed by atoms with van der Waals surface area (Å²) in [7, 11) is 1.79. The number of rotatable bonds is 8. The van der Waals surface area contributed by atoms with Crippen molar-refractivity contribution in [2.24, 2.45) is 5.92 Å². The monoisotopic (exact) mass is 441 g/mol. The molecule has 3 aliphatic heterocycles. The van der Waals surface area contributed by atoms with Gasteiger partial charge in [0, 0.05) is 69.6 Å². The smallest absolute Gasteiger partial charge is 0.213 e. The fourth-order valence-corrected chi connectivity index (χ4v) is 5.61. The Kier molecular flexibility index (Phi) is 7.02. The highest BCUT2D eigenvalue weighted by Gasteiger charge is 2.38. The molecule has 0 aliphatic carbocycles. The lowest BCUT2D eigenvalue weighted by Crippen LogP contribution is -2.57. The van der Waals surface area contributed by atoms with Crippen molar-refractivity contribution < 1.29 is 14.0 Å². The summed E-state index contributed by atoms with van der Waals surface area (Å²) in [6, 6.07) is 7.42. The minimum atomic E-state index is 0.262. The van der Waals surface area contributed by atoms with Gasteiger partial charge in [-0.2, -0.15) is 0 Å². The predicted octanol–water partition coefficient (Wildman–Crippen LogP) is 2.48. The number of hydrogen-bond donors (Lipinski definition) is 1. The van der Waals surface area contributed by atoms with Crippen molar-refractivity contribution in [1.29, 1.82) is 0 Å². The molecular weight excluding hydrogens is 406 g/mol. The normalized spacial score (nSPS) is 29.2. The lowest BCUT2D eigenvalue weighted by atomic mass is 9.87. The van der Waals surface area contributed by atoms with E-state index in [0.717, 1.165) is 70.4 Å². The highest BCUT2D eigenvalue weighted by Crippen LogP contribution is 2.32. The first kappa shape index (κ1) is 21.8. The molecule has 0 spiro atoms. The van der Waals surface area contributed by atoms with Gasteiger partial charge in [-0.3, -0.25) is 9.80 Å². The van der Waals surface area contributed by atoms with Crippen molar-refractivity contribution in [2.75, 3.05) is 46.5 Å². The van der Waals surface area contributed by atoms with Crippen LogP contribution in [0.25, 0.3) is 0 Å². The van der Waals surface area contributed by atoms with E-state index >= 15 is 0 Å². The standard InChI is InChI=1S/C24H35N5O3/c1-30-17-20-3-2-10-28(20)14-18-5-7-23(26-13-18)31-16-19-4-6-22-24(21-8-12-32-27-21)25-9-11-29(22)15-19/h5,7-8,12-13,19-20,22,24-25H,2-4,6,9-11,14-17H2,1H3. The summed E-state index contributed by atoms with van der Waals surface area (Å²) in [4.78, 5) is 9.67. The van der Waals surface area contributed by atoms with Gasteiger partial charge in [-0.1, -0.05) is 11.2 Å². The van der Waals surface area contributed by atoms with Gasteiger partial charge in [0.2, 0.25) is 5.88 Å². The zero-order valence-corrected chi connectivity index (χ0v) is 19.0. The Morgan fingerprint density at radius 2 is 2.12 bits per heavy atom. The van der Waals surface area contributed by atoms with Crippen LogP contribution in [0, 0.1) is 5.92 Å². The van der Waals surface area contributed by atoms with Crippen LogP contribution in [-0.4, -0.2) is 78.5 Å². The van der Waals surface area contributed by atoms with Gasteiger partial charge >= 0.3 is 0 Å². The lowest BCUT2D eigenvalue weighted by molar-refractivity contribution is 0.0368. The Labute approximate surface area is 190 Å². The van der Waals surface area contributed by atoms with E-state index in [2.05, 4.69) is 31.3 Å². The zero-order valence-electron chi connectivity index (χ0n) is 19.0. The van der Waals surface area contributed by atoms with E-state index < -0.39 is 0 Å². The minimum Gasteiger partial charge on any atom is -0.477 e. The maximum Gasteiger partial charge on any atom is 0.213 e. The molecule has 8 nitrogen and oxygen atoms in total. The second-order valence-corrected chi connectivity index (χ2v) is 9.40. The number of hydrogen-bond acceptors (Lipinski definition) is 8. The van der Waals surface area contributed by atoms with Gasteiger partial charge in [-0.05, 0) is 37.8 Å². The molecule has 5 heterocycles. The molecule has 4 unspecified atom stereocenters. The van der Waals surface area contributed by atoms with Gasteiger partial charge in [-0.25, -0.2) is 4.98 Å². The summed E-state index contributed by atoms with van der Waals surface area (Å²) in [5.41, 5.74) is 2.25. The van der Waals surface area contributed by atoms with Gasteiger partial charge in [0.05, 0.1) is 19.3 Å². The van der Waals surface area contributed by atoms with E-state index in [1.54, 1.807) is 13.4 Å². The van der Waals surface area contributed by atoms with Gasteiger partial charge in [0.1, 0.15) is 12.0 Å². The number of fused-ring (bicyclic) bond motifs is 1. The Bertz CT molecular complexity index is 831. The van der Waals surface area contributed by atoms with Crippen molar-refractivity contribution >= 4 is 0 Å². The predicted molar refractivity (Wildman–Crippen MR) is 120 cm³/mol. The van der Waals surface area contributed by atoms with E-state index in [4.69, 9.17) is 14.0 Å². The van der Waals surface area contributed by atoms with Crippen LogP contribution in [0.5, 0.6) is 5.88 Å². The molecule has 174 valence electrons. The van der Waals surface area contributed by atoms with E-state index in [0.29, 0.717) is 18.0 Å². The summed E-state index contributed by atoms with van der Waals surface area (Å²) in [5, 5.41) is 7.79. The van der Waals surface area contributed by atoms with Gasteiger partial charge < -0.3 is 19.3 Å². The molecule has 1 N–H and O–H groups in total. The Balaban J connectivity index is 1.10. The largest absolute Gasteiger partial charge is 0.477 e. The summed E-state index contributed by atoms with van der Waals surface area (Å²) in [6.07, 6.45) is 8.40. The molecule has 2 aromatic heterocycles. The second kappa shape index (κ2) is 10.3. The number of piperidine rings is 1. The summed E-state index contributed by atoms with van der Waals surface area (Å²) < 4.78 is 16.5. The van der Waals surface area contributed by atoms with Crippen molar-refractivity contribution in [3.8, 4) is 5.88 Å². The molecule has 0 aromatic carbocycles. The zero-order chi connectivity index (χ0) is 21.8. The third-order valence-electron chi connectivity index (χ3n) is 7.27. The number of nitrogens with one attached hydrogen (secondary N) is 1. The first-order valence-electron chi connectivity index (χ1n) is 12.0. The number of aromatic nitrogens is 2. The Hall–Kier alpha value is -2.00. The van der Waals surface area contributed by atoms with E-state index in [1.165, 1.54) is 18.4 Å². The van der Waals surface area contributed by atoms with E-state index in [9.17, 15) is 0 Å². The van der Waals surface area contributed by atoms with Crippen LogP contribution < -0.4 is 10.1 Å². The molecular formula is C24H35N5O3. The molecule has 0 amide bonds. The number of likely N-dealkylation sites (tertiary alicyclic amines) is 1. The maximum atomic E-state index is 6.09. The SMILES string of the molecule is COCC1CCCN1Cc1ccc(OCC2CCC3C(c4ccon4)NCCN3C2)nc1. The van der Waals surface area contributed by atoms with Crippen molar-refractivity contribution in [3.05, 3.63) is 41.9 Å². The first-order chi connectivity index (χ1) is 15.8. The molecule has 3 saturated heterocycles. The number of ether oxygens (including phenoxy) is 2. The molecule has 5 rings (SSSR count). The Morgan fingerprint density at radius 3 is 2.94 bits per heavy atom. The highest BCUT2D eigenvalue weighted by molar-refractivity contribution is 5.18. The molecule has 3 aliphatic rings. The van der Waals surface area contributed by atoms with Crippen LogP contribution in [0.4, 0.5) is 0 Å². The fourth-order valence-electron chi connectivity index (χ4n) is 5.61. The number of methoxy groups -OCH3 is 1. The summed E-state index contributed by atoms with van der Waals surface area (Å²) in [5.74, 6) is 1.26. The fraction of sp³-hybridized carbons (Fsp3) is 0.667. The van der Waals surface area contributed by atoms with Crippen LogP contribution >= 0.6 is 0 Å². The molecule has 32 heavy (non-hydrogen) atoms. The van der Waals surface area contributed by atoms with Crippen LogP contribution in [0.15, 0.2) is 35.2 Å². The van der Waals surface area contributed by atoms with Crippen LogP contribution in [0.2, 0.25) is 0 Å². The molecule has 8 heteroatoms. The Morgan fingerprint density at radius 1 is 1.16 bits per heavy atom. The molecule has 0 bridgehead atoms. The van der Waals surface area contributed by atoms with Crippen LogP contribution in [-0.2, 0) is 11.3 Å². The van der Waals surface area contributed by atoms with Crippen LogP contribution in [0.3, 0.4) is 0 Å². The van der Waals surface area contributed by atoms with Gasteiger partial charge in [0.15, 0.2) is 0 Å². The topological polar surface area (TPSA) is 75.9 Å². The molecule has 0 saturated carbocycles. The summed E-state index contributed by atoms with van der Waals surface area (Å²) >= 11 is 0. The number of piperazine rings is 1. The minimum absolute atomic E-state index is 0.262. The number of pyridine rings is 1. The second-order valence-electron chi connectivity index (χ2n) is 9.40. The van der Waals surface area contributed by atoms with E-state index in [1.807, 2.05) is 18.3 Å². The van der Waals surface area contributed by atoms with Gasteiger partial charge in [-0.15, -0.1) is 0 Å². The molecule has 4 atom stereocenters. The highest BCUT2D eigenvalue weighted by atomic mass is 16.5. The van der Waals surface area contributed by atoms with Gasteiger partial charge in [0.25, 0.3) is 0 Å². The maximum absolute atomic E-state index is 6.09. The van der Waals surface area contributed by atoms with Crippen molar-refractivity contribution in [2.45, 2.75) is 50.4 Å². The van der Waals surface area contributed by atoms with E-state index in [-0.39, 0.29) is 6.04 Å². The molecule has 3 fully saturated rings. The first-order valence-corrected chi connectivity index (χ1v) is 12.0.